The number of carbonyl (C=O) groups excluding carboxylic acids is 1. The molecule has 0 unspecified atom stereocenters. The molecule has 0 saturated carbocycles. The molecule has 1 rings (SSSR count). The van der Waals surface area contributed by atoms with E-state index >= 15 is 0 Å². The van der Waals surface area contributed by atoms with Crippen LogP contribution in [0.3, 0.4) is 0 Å². The summed E-state index contributed by atoms with van der Waals surface area (Å²) in [7, 11) is 0. The quantitative estimate of drug-likeness (QED) is 0.738. The highest BCUT2D eigenvalue weighted by molar-refractivity contribution is 5.74. The Morgan fingerprint density at radius 2 is 1.94 bits per heavy atom. The third-order valence-electron chi connectivity index (χ3n) is 2.52. The monoisotopic (exact) mass is 235 g/mol. The third kappa shape index (κ3) is 5.38. The topological polar surface area (TPSA) is 38.3 Å². The number of rotatable bonds is 7. The van der Waals surface area contributed by atoms with Crippen molar-refractivity contribution < 1.29 is 9.53 Å². The van der Waals surface area contributed by atoms with Gasteiger partial charge in [0.15, 0.2) is 0 Å². The first kappa shape index (κ1) is 13.6. The van der Waals surface area contributed by atoms with Gasteiger partial charge in [0.05, 0.1) is 6.61 Å². The Morgan fingerprint density at radius 3 is 2.53 bits per heavy atom. The molecule has 0 atom stereocenters. The summed E-state index contributed by atoms with van der Waals surface area (Å²) >= 11 is 0. The van der Waals surface area contributed by atoms with E-state index in [-0.39, 0.29) is 12.5 Å². The van der Waals surface area contributed by atoms with E-state index < -0.39 is 0 Å². The van der Waals surface area contributed by atoms with Gasteiger partial charge in [0.1, 0.15) is 6.54 Å². The van der Waals surface area contributed by atoms with Crippen LogP contribution in [-0.4, -0.2) is 19.1 Å². The largest absolute Gasteiger partial charge is 0.465 e. The fourth-order valence-electron chi connectivity index (χ4n) is 1.56. The van der Waals surface area contributed by atoms with Gasteiger partial charge in [-0.1, -0.05) is 25.5 Å². The lowest BCUT2D eigenvalue weighted by atomic mass is 10.1. The molecule has 0 heterocycles. The average molecular weight is 235 g/mol. The number of hydrogen-bond donors (Lipinski definition) is 1. The number of hydrogen-bond acceptors (Lipinski definition) is 3. The van der Waals surface area contributed by atoms with Gasteiger partial charge in [-0.2, -0.15) is 0 Å². The molecule has 1 N–H and O–H groups in total. The molecule has 0 fully saturated rings. The summed E-state index contributed by atoms with van der Waals surface area (Å²) in [6.07, 6.45) is 3.55. The predicted octanol–water partition coefficient (Wildman–Crippen LogP) is 3.00. The van der Waals surface area contributed by atoms with Crippen molar-refractivity contribution in [1.29, 1.82) is 0 Å². The van der Waals surface area contributed by atoms with Crippen LogP contribution in [0.1, 0.15) is 32.3 Å². The van der Waals surface area contributed by atoms with E-state index in [1.54, 1.807) is 6.92 Å². The van der Waals surface area contributed by atoms with Crippen molar-refractivity contribution in [2.45, 2.75) is 33.1 Å². The van der Waals surface area contributed by atoms with Crippen LogP contribution in [-0.2, 0) is 16.0 Å². The zero-order valence-corrected chi connectivity index (χ0v) is 10.7. The summed E-state index contributed by atoms with van der Waals surface area (Å²) in [6, 6.07) is 8.21. The minimum Gasteiger partial charge on any atom is -0.465 e. The molecule has 0 aromatic heterocycles. The second-order valence-electron chi connectivity index (χ2n) is 3.96. The number of unbranched alkanes of at least 4 members (excludes halogenated alkanes) is 1. The van der Waals surface area contributed by atoms with E-state index in [9.17, 15) is 4.79 Å². The molecule has 0 bridgehead atoms. The molecule has 17 heavy (non-hydrogen) atoms. The molecule has 0 spiro atoms. The fraction of sp³-hybridized carbons (Fsp3) is 0.500. The van der Waals surface area contributed by atoms with Crippen molar-refractivity contribution in [3.8, 4) is 0 Å². The molecule has 0 aliphatic rings. The first-order valence-electron chi connectivity index (χ1n) is 6.24. The Bertz CT molecular complexity index is 333. The highest BCUT2D eigenvalue weighted by Gasteiger charge is 2.00. The summed E-state index contributed by atoms with van der Waals surface area (Å²) in [5, 5.41) is 3.04. The zero-order chi connectivity index (χ0) is 12.5. The Morgan fingerprint density at radius 1 is 1.24 bits per heavy atom. The minimum absolute atomic E-state index is 0.220. The number of aryl methyl sites for hydroxylation is 1. The lowest BCUT2D eigenvalue weighted by Gasteiger charge is -2.07. The Balaban J connectivity index is 2.37. The van der Waals surface area contributed by atoms with Gasteiger partial charge in [-0.25, -0.2) is 0 Å². The Hall–Kier alpha value is -1.51. The first-order valence-corrected chi connectivity index (χ1v) is 6.24. The summed E-state index contributed by atoms with van der Waals surface area (Å²) in [5.74, 6) is -0.220. The van der Waals surface area contributed by atoms with Crippen LogP contribution in [0.15, 0.2) is 24.3 Å². The Labute approximate surface area is 103 Å². The molecular formula is C14H21NO2. The second-order valence-corrected chi connectivity index (χ2v) is 3.96. The van der Waals surface area contributed by atoms with Crippen molar-refractivity contribution in [2.75, 3.05) is 18.5 Å². The summed E-state index contributed by atoms with van der Waals surface area (Å²) in [6.45, 7) is 4.65. The number of benzene rings is 1. The molecule has 1 aromatic carbocycles. The van der Waals surface area contributed by atoms with Gasteiger partial charge < -0.3 is 10.1 Å². The number of ether oxygens (including phenoxy) is 1. The molecule has 0 saturated heterocycles. The van der Waals surface area contributed by atoms with Gasteiger partial charge in [-0.15, -0.1) is 0 Å². The minimum atomic E-state index is -0.220. The molecular weight excluding hydrogens is 214 g/mol. The molecule has 0 aliphatic heterocycles. The van der Waals surface area contributed by atoms with Gasteiger partial charge in [-0.05, 0) is 37.5 Å². The van der Waals surface area contributed by atoms with Crippen LogP contribution >= 0.6 is 0 Å². The number of carbonyl (C=O) groups is 1. The molecule has 3 heteroatoms. The van der Waals surface area contributed by atoms with E-state index in [4.69, 9.17) is 4.74 Å². The molecule has 0 aliphatic carbocycles. The van der Waals surface area contributed by atoms with Crippen molar-refractivity contribution in [1.82, 2.24) is 0 Å². The van der Waals surface area contributed by atoms with Crippen LogP contribution in [0.5, 0.6) is 0 Å². The maximum atomic E-state index is 11.1. The molecule has 3 nitrogen and oxygen atoms in total. The normalized spacial score (nSPS) is 10.0. The average Bonchev–Trinajstić information content (AvgIpc) is 2.35. The van der Waals surface area contributed by atoms with Crippen LogP contribution in [0.4, 0.5) is 5.69 Å². The van der Waals surface area contributed by atoms with Gasteiger partial charge >= 0.3 is 5.97 Å². The van der Waals surface area contributed by atoms with E-state index in [1.165, 1.54) is 18.4 Å². The standard InChI is InChI=1S/C14H21NO2/c1-3-5-6-12-7-9-13(10-8-12)15-11-14(16)17-4-2/h7-10,15H,3-6,11H2,1-2H3. The Kier molecular flexibility index (Phi) is 6.15. The van der Waals surface area contributed by atoms with Gasteiger partial charge in [-0.3, -0.25) is 4.79 Å². The fourth-order valence-corrected chi connectivity index (χ4v) is 1.56. The van der Waals surface area contributed by atoms with Gasteiger partial charge in [0.25, 0.3) is 0 Å². The molecule has 1 aromatic rings. The molecule has 0 amide bonds. The predicted molar refractivity (Wildman–Crippen MR) is 70.2 cm³/mol. The van der Waals surface area contributed by atoms with Crippen LogP contribution in [0, 0.1) is 0 Å². The van der Waals surface area contributed by atoms with Gasteiger partial charge in [0.2, 0.25) is 0 Å². The SMILES string of the molecule is CCCCc1ccc(NCC(=O)OCC)cc1. The first-order chi connectivity index (χ1) is 8.26. The second kappa shape index (κ2) is 7.71. The van der Waals surface area contributed by atoms with Crippen molar-refractivity contribution in [3.63, 3.8) is 0 Å². The van der Waals surface area contributed by atoms with Crippen LogP contribution < -0.4 is 5.32 Å². The maximum absolute atomic E-state index is 11.1. The van der Waals surface area contributed by atoms with Crippen LogP contribution in [0.2, 0.25) is 0 Å². The third-order valence-corrected chi connectivity index (χ3v) is 2.52. The van der Waals surface area contributed by atoms with Crippen molar-refractivity contribution in [3.05, 3.63) is 29.8 Å². The summed E-state index contributed by atoms with van der Waals surface area (Å²) in [4.78, 5) is 11.1. The smallest absolute Gasteiger partial charge is 0.325 e. The number of esters is 1. The number of anilines is 1. The number of nitrogens with one attached hydrogen (secondary N) is 1. The highest BCUT2D eigenvalue weighted by atomic mass is 16.5. The zero-order valence-electron chi connectivity index (χ0n) is 10.7. The van der Waals surface area contributed by atoms with Gasteiger partial charge in [0, 0.05) is 5.69 Å². The lowest BCUT2D eigenvalue weighted by molar-refractivity contribution is -0.140. The van der Waals surface area contributed by atoms with E-state index in [0.717, 1.165) is 12.1 Å². The molecule has 94 valence electrons. The van der Waals surface area contributed by atoms with Crippen molar-refractivity contribution >= 4 is 11.7 Å². The maximum Gasteiger partial charge on any atom is 0.325 e. The molecule has 0 radical (unpaired) electrons. The van der Waals surface area contributed by atoms with E-state index in [1.807, 2.05) is 12.1 Å². The highest BCUT2D eigenvalue weighted by Crippen LogP contribution is 2.11. The van der Waals surface area contributed by atoms with E-state index in [2.05, 4.69) is 24.4 Å². The van der Waals surface area contributed by atoms with E-state index in [0.29, 0.717) is 6.61 Å². The van der Waals surface area contributed by atoms with Crippen LogP contribution in [0.25, 0.3) is 0 Å². The van der Waals surface area contributed by atoms with Crippen molar-refractivity contribution in [2.24, 2.45) is 0 Å². The summed E-state index contributed by atoms with van der Waals surface area (Å²) < 4.78 is 4.84. The summed E-state index contributed by atoms with van der Waals surface area (Å²) in [5.41, 5.74) is 2.30. The lowest BCUT2D eigenvalue weighted by Crippen LogP contribution is -2.16.